The third-order valence-electron chi connectivity index (χ3n) is 10.1. The number of nitrogens with zero attached hydrogens (tertiary/aromatic N) is 6. The number of aromatic nitrogens is 5. The normalized spacial score (nSPS) is 19.6. The number of allylic oxidation sites excluding steroid dienone is 1. The summed E-state index contributed by atoms with van der Waals surface area (Å²) in [7, 11) is 1.63. The number of thiazole rings is 1. The van der Waals surface area contributed by atoms with E-state index in [4.69, 9.17) is 19.4 Å². The Morgan fingerprint density at radius 2 is 1.91 bits per heavy atom. The largest absolute Gasteiger partial charge is 0.496 e. The standard InChI is InChI=1S/C40H52N8O5S/c1-8-9-10-11-12-13-26-16-29(26)45-38(50)32-17-27(20-47(32)35(49)19-41-39(51)37-42-22-43-48(37)24(4)5)53-34-18-30(40-46-31(21-54-40)23(2)3)44-36-25(6)33(52-7)15-14-28(34)36/h12-15,18,21-24,26-27,29,32H,8-11,16-17,19-20H2,1-7H3,(H,41,51)(H,45,50)/b13-12-/t26-,27-,29?,32?/m1/s1. The SMILES string of the molecule is CCCCC/C=C\[C@@H]1CC1NC(=O)C1C[C@@H](Oc2cc(-c3nc(C(C)C)cs3)nc3c(C)c(OC)ccc23)CN1C(=O)CNC(=O)c1ncnn1C(C)C. The third kappa shape index (κ3) is 8.75. The Bertz CT molecular complexity index is 2000. The summed E-state index contributed by atoms with van der Waals surface area (Å²) < 4.78 is 13.9. The summed E-state index contributed by atoms with van der Waals surface area (Å²) in [6.07, 6.45) is 10.9. The second kappa shape index (κ2) is 17.1. The van der Waals surface area contributed by atoms with E-state index in [0.29, 0.717) is 17.2 Å². The van der Waals surface area contributed by atoms with Gasteiger partial charge in [0.05, 0.1) is 31.4 Å². The van der Waals surface area contributed by atoms with Crippen LogP contribution < -0.4 is 20.1 Å². The zero-order chi connectivity index (χ0) is 38.5. The lowest BCUT2D eigenvalue weighted by atomic mass is 10.1. The van der Waals surface area contributed by atoms with Crippen LogP contribution >= 0.6 is 11.3 Å². The van der Waals surface area contributed by atoms with Crippen LogP contribution in [0.1, 0.15) is 107 Å². The summed E-state index contributed by atoms with van der Waals surface area (Å²) >= 11 is 1.53. The number of likely N-dealkylation sites (tertiary alicyclic amines) is 1. The van der Waals surface area contributed by atoms with Gasteiger partial charge < -0.3 is 25.0 Å². The molecule has 1 saturated carbocycles. The minimum absolute atomic E-state index is 0.0256. The number of nitrogens with one attached hydrogen (secondary N) is 2. The summed E-state index contributed by atoms with van der Waals surface area (Å²) in [5.74, 6) is 0.827. The molecule has 0 bridgehead atoms. The first kappa shape index (κ1) is 38.9. The van der Waals surface area contributed by atoms with Gasteiger partial charge in [-0.05, 0) is 64.0 Å². The molecular weight excluding hydrogens is 705 g/mol. The Morgan fingerprint density at radius 1 is 1.09 bits per heavy atom. The Balaban J connectivity index is 1.24. The van der Waals surface area contributed by atoms with Crippen LogP contribution in [0.25, 0.3) is 21.6 Å². The smallest absolute Gasteiger partial charge is 0.289 e. The molecule has 54 heavy (non-hydrogen) atoms. The summed E-state index contributed by atoms with van der Waals surface area (Å²) in [6, 6.07) is 4.86. The summed E-state index contributed by atoms with van der Waals surface area (Å²) in [5.41, 5.74) is 3.25. The lowest BCUT2D eigenvalue weighted by Gasteiger charge is -2.24. The Labute approximate surface area is 320 Å². The molecule has 3 amide bonds. The molecular formula is C40H52N8O5S. The minimum Gasteiger partial charge on any atom is -0.496 e. The number of fused-ring (bicyclic) bond motifs is 1. The van der Waals surface area contributed by atoms with Crippen molar-refractivity contribution in [2.24, 2.45) is 5.92 Å². The van der Waals surface area contributed by atoms with Crippen LogP contribution in [0.15, 0.2) is 42.1 Å². The van der Waals surface area contributed by atoms with Crippen LogP contribution in [0.2, 0.25) is 0 Å². The quantitative estimate of drug-likeness (QED) is 0.0978. The predicted octanol–water partition coefficient (Wildman–Crippen LogP) is 6.39. The molecule has 288 valence electrons. The van der Waals surface area contributed by atoms with E-state index in [1.54, 1.807) is 7.11 Å². The van der Waals surface area contributed by atoms with Crippen molar-refractivity contribution in [3.8, 4) is 22.2 Å². The monoisotopic (exact) mass is 756 g/mol. The fourth-order valence-corrected chi connectivity index (χ4v) is 7.79. The van der Waals surface area contributed by atoms with E-state index in [9.17, 15) is 14.4 Å². The van der Waals surface area contributed by atoms with Crippen molar-refractivity contribution in [1.82, 2.24) is 40.3 Å². The number of pyridine rings is 1. The highest BCUT2D eigenvalue weighted by Crippen LogP contribution is 2.38. The van der Waals surface area contributed by atoms with E-state index in [1.165, 1.54) is 40.1 Å². The number of rotatable bonds is 16. The van der Waals surface area contributed by atoms with Crippen LogP contribution in [0, 0.1) is 12.8 Å². The Kier molecular flexibility index (Phi) is 12.3. The summed E-state index contributed by atoms with van der Waals surface area (Å²) in [6.45, 7) is 12.0. The number of methoxy groups -OCH3 is 1. The molecule has 4 atom stereocenters. The number of hydrogen-bond donors (Lipinski definition) is 2. The first-order chi connectivity index (χ1) is 26.0. The molecule has 2 unspecified atom stereocenters. The van der Waals surface area contributed by atoms with E-state index in [0.717, 1.165) is 46.4 Å². The van der Waals surface area contributed by atoms with Crippen molar-refractivity contribution >= 4 is 40.0 Å². The van der Waals surface area contributed by atoms with E-state index in [2.05, 4.69) is 53.6 Å². The maximum absolute atomic E-state index is 13.9. The van der Waals surface area contributed by atoms with Gasteiger partial charge in [0.25, 0.3) is 5.91 Å². The molecule has 0 spiro atoms. The first-order valence-corrected chi connectivity index (χ1v) is 19.9. The molecule has 1 aromatic carbocycles. The lowest BCUT2D eigenvalue weighted by Crippen LogP contribution is -2.49. The number of unbranched alkanes of at least 4 members (excludes halogenated alkanes) is 3. The average Bonchev–Trinajstić information content (AvgIpc) is 3.58. The fourth-order valence-electron chi connectivity index (χ4n) is 6.85. The van der Waals surface area contributed by atoms with Gasteiger partial charge in [-0.1, -0.05) is 45.8 Å². The number of aryl methyl sites for hydroxylation is 1. The van der Waals surface area contributed by atoms with Crippen molar-refractivity contribution in [1.29, 1.82) is 0 Å². The average molecular weight is 757 g/mol. The molecule has 1 aliphatic heterocycles. The predicted molar refractivity (Wildman–Crippen MR) is 209 cm³/mol. The number of benzene rings is 1. The molecule has 3 aromatic heterocycles. The highest BCUT2D eigenvalue weighted by Gasteiger charge is 2.44. The second-order valence-electron chi connectivity index (χ2n) is 14.8. The van der Waals surface area contributed by atoms with E-state index in [1.807, 2.05) is 44.4 Å². The zero-order valence-corrected chi connectivity index (χ0v) is 33.1. The van der Waals surface area contributed by atoms with Crippen molar-refractivity contribution in [3.63, 3.8) is 0 Å². The highest BCUT2D eigenvalue weighted by molar-refractivity contribution is 7.13. The molecule has 2 fully saturated rings. The lowest BCUT2D eigenvalue weighted by molar-refractivity contribution is -0.137. The topological polar surface area (TPSA) is 153 Å². The number of carbonyl (C=O) groups is 3. The van der Waals surface area contributed by atoms with Crippen molar-refractivity contribution in [2.45, 2.75) is 110 Å². The molecule has 4 heterocycles. The van der Waals surface area contributed by atoms with Crippen LogP contribution in [0.3, 0.4) is 0 Å². The van der Waals surface area contributed by atoms with Gasteiger partial charge in [0.15, 0.2) is 0 Å². The maximum Gasteiger partial charge on any atom is 0.289 e. The van der Waals surface area contributed by atoms with Gasteiger partial charge in [0, 0.05) is 40.9 Å². The molecule has 13 nitrogen and oxygen atoms in total. The molecule has 6 rings (SSSR count). The van der Waals surface area contributed by atoms with E-state index >= 15 is 0 Å². The zero-order valence-electron chi connectivity index (χ0n) is 32.3. The molecule has 0 radical (unpaired) electrons. The highest BCUT2D eigenvalue weighted by atomic mass is 32.1. The van der Waals surface area contributed by atoms with E-state index < -0.39 is 24.0 Å². The van der Waals surface area contributed by atoms with Crippen molar-refractivity contribution in [2.75, 3.05) is 20.2 Å². The third-order valence-corrected chi connectivity index (χ3v) is 11.0. The van der Waals surface area contributed by atoms with Gasteiger partial charge in [-0.3, -0.25) is 14.4 Å². The summed E-state index contributed by atoms with van der Waals surface area (Å²) in [5, 5.41) is 13.6. The molecule has 2 aliphatic rings. The van der Waals surface area contributed by atoms with Crippen molar-refractivity contribution < 1.29 is 23.9 Å². The maximum atomic E-state index is 13.9. The molecule has 4 aromatic rings. The summed E-state index contributed by atoms with van der Waals surface area (Å²) in [4.78, 5) is 56.3. The van der Waals surface area contributed by atoms with Gasteiger partial charge in [-0.2, -0.15) is 5.10 Å². The van der Waals surface area contributed by atoms with Gasteiger partial charge in [0.1, 0.15) is 40.7 Å². The van der Waals surface area contributed by atoms with Crippen molar-refractivity contribution in [3.05, 3.63) is 59.1 Å². The minimum atomic E-state index is -0.782. The second-order valence-corrected chi connectivity index (χ2v) is 15.7. The van der Waals surface area contributed by atoms with Crippen LogP contribution in [-0.2, 0) is 9.59 Å². The Morgan fingerprint density at radius 3 is 2.63 bits per heavy atom. The van der Waals surface area contributed by atoms with Gasteiger partial charge in [-0.25, -0.2) is 19.6 Å². The first-order valence-electron chi connectivity index (χ1n) is 19.0. The molecule has 1 saturated heterocycles. The van der Waals surface area contributed by atoms with Gasteiger partial charge in [-0.15, -0.1) is 11.3 Å². The number of carbonyl (C=O) groups excluding carboxylic acids is 3. The molecule has 14 heteroatoms. The van der Waals surface area contributed by atoms with Gasteiger partial charge >= 0.3 is 0 Å². The van der Waals surface area contributed by atoms with Crippen LogP contribution in [0.5, 0.6) is 11.5 Å². The van der Waals surface area contributed by atoms with Crippen LogP contribution in [-0.4, -0.2) is 85.7 Å². The number of amides is 3. The van der Waals surface area contributed by atoms with Gasteiger partial charge in [0.2, 0.25) is 17.6 Å². The molecule has 2 N–H and O–H groups in total. The van der Waals surface area contributed by atoms with E-state index in [-0.39, 0.29) is 55.2 Å². The number of ether oxygens (including phenoxy) is 2. The Hall–Kier alpha value is -4.85. The number of hydrogen-bond acceptors (Lipinski definition) is 10. The molecule has 1 aliphatic carbocycles. The fraction of sp³-hybridized carbons (Fsp3) is 0.525. The van der Waals surface area contributed by atoms with Crippen LogP contribution in [0.4, 0.5) is 0 Å².